The number of nitrogens with one attached hydrogen (secondary N) is 1. The number of fused-ring (bicyclic) bond motifs is 1. The van der Waals surface area contributed by atoms with E-state index in [0.717, 1.165) is 25.2 Å². The Balaban J connectivity index is 2.28. The van der Waals surface area contributed by atoms with Crippen LogP contribution in [0.4, 0.5) is 0 Å². The van der Waals surface area contributed by atoms with Crippen LogP contribution in [0.5, 0.6) is 0 Å². The minimum absolute atomic E-state index is 0.351. The van der Waals surface area contributed by atoms with Gasteiger partial charge in [0, 0.05) is 13.0 Å². The van der Waals surface area contributed by atoms with Gasteiger partial charge < -0.3 is 9.88 Å². The van der Waals surface area contributed by atoms with Crippen molar-refractivity contribution in [3.63, 3.8) is 0 Å². The lowest BCUT2D eigenvalue weighted by Gasteiger charge is -2.14. The third kappa shape index (κ3) is 2.04. The van der Waals surface area contributed by atoms with Crippen LogP contribution in [0.2, 0.25) is 0 Å². The molecule has 1 aliphatic rings. The molecule has 4 heteroatoms. The lowest BCUT2D eigenvalue weighted by atomic mass is 10.2. The Hall–Kier alpha value is -0.900. The third-order valence-electron chi connectivity index (χ3n) is 3.21. The van der Waals surface area contributed by atoms with Crippen LogP contribution in [0, 0.1) is 0 Å². The SMILES string of the molecule is CCC(NC)c1nnc2n1CCCCC2. The van der Waals surface area contributed by atoms with Crippen molar-refractivity contribution in [2.75, 3.05) is 7.05 Å². The number of aryl methyl sites for hydroxylation is 1. The number of nitrogens with zero attached hydrogens (tertiary/aromatic N) is 3. The molecule has 0 aromatic carbocycles. The molecule has 1 aromatic heterocycles. The molecular formula is C11H20N4. The number of rotatable bonds is 3. The topological polar surface area (TPSA) is 42.7 Å². The van der Waals surface area contributed by atoms with Gasteiger partial charge in [0.25, 0.3) is 0 Å². The van der Waals surface area contributed by atoms with E-state index in [9.17, 15) is 0 Å². The molecule has 84 valence electrons. The van der Waals surface area contributed by atoms with E-state index in [-0.39, 0.29) is 0 Å². The average molecular weight is 208 g/mol. The van der Waals surface area contributed by atoms with Crippen LogP contribution >= 0.6 is 0 Å². The highest BCUT2D eigenvalue weighted by atomic mass is 15.3. The summed E-state index contributed by atoms with van der Waals surface area (Å²) in [5.74, 6) is 2.30. The smallest absolute Gasteiger partial charge is 0.150 e. The van der Waals surface area contributed by atoms with Crippen LogP contribution < -0.4 is 5.32 Å². The van der Waals surface area contributed by atoms with Crippen LogP contribution in [0.1, 0.15) is 50.3 Å². The second kappa shape index (κ2) is 4.75. The van der Waals surface area contributed by atoms with E-state index in [4.69, 9.17) is 0 Å². The summed E-state index contributed by atoms with van der Waals surface area (Å²) in [6.45, 7) is 3.27. The molecule has 0 aliphatic carbocycles. The van der Waals surface area contributed by atoms with Gasteiger partial charge in [0.15, 0.2) is 0 Å². The summed E-state index contributed by atoms with van der Waals surface area (Å²) < 4.78 is 2.32. The molecule has 1 atom stereocenters. The molecule has 0 fully saturated rings. The van der Waals surface area contributed by atoms with Gasteiger partial charge in [-0.1, -0.05) is 13.3 Å². The Kier molecular flexibility index (Phi) is 3.36. The summed E-state index contributed by atoms with van der Waals surface area (Å²) in [7, 11) is 1.99. The largest absolute Gasteiger partial charge is 0.314 e. The zero-order chi connectivity index (χ0) is 10.7. The average Bonchev–Trinajstić information content (AvgIpc) is 2.51. The zero-order valence-electron chi connectivity index (χ0n) is 9.66. The molecule has 1 aromatic rings. The summed E-state index contributed by atoms with van der Waals surface area (Å²) >= 11 is 0. The number of aromatic nitrogens is 3. The molecule has 2 heterocycles. The van der Waals surface area contributed by atoms with Crippen LogP contribution in [0.25, 0.3) is 0 Å². The monoisotopic (exact) mass is 208 g/mol. The first-order chi connectivity index (χ1) is 7.36. The van der Waals surface area contributed by atoms with E-state index >= 15 is 0 Å². The first-order valence-corrected chi connectivity index (χ1v) is 5.96. The molecule has 4 nitrogen and oxygen atoms in total. The number of hydrogen-bond donors (Lipinski definition) is 1. The fraction of sp³-hybridized carbons (Fsp3) is 0.818. The molecule has 1 N–H and O–H groups in total. The van der Waals surface area contributed by atoms with Gasteiger partial charge in [-0.15, -0.1) is 10.2 Å². The molecule has 0 saturated carbocycles. The van der Waals surface area contributed by atoms with Gasteiger partial charge >= 0.3 is 0 Å². The lowest BCUT2D eigenvalue weighted by Crippen LogP contribution is -2.20. The predicted molar refractivity (Wildman–Crippen MR) is 59.7 cm³/mol. The van der Waals surface area contributed by atoms with E-state index in [1.807, 2.05) is 7.05 Å². The molecule has 2 rings (SSSR count). The predicted octanol–water partition coefficient (Wildman–Crippen LogP) is 1.68. The highest BCUT2D eigenvalue weighted by Crippen LogP contribution is 2.20. The van der Waals surface area contributed by atoms with Gasteiger partial charge in [-0.3, -0.25) is 0 Å². The molecule has 1 aliphatic heterocycles. The molecule has 0 amide bonds. The van der Waals surface area contributed by atoms with Crippen molar-refractivity contribution in [3.05, 3.63) is 11.6 Å². The van der Waals surface area contributed by atoms with E-state index < -0.39 is 0 Å². The number of hydrogen-bond acceptors (Lipinski definition) is 3. The maximum absolute atomic E-state index is 4.33. The highest BCUT2D eigenvalue weighted by molar-refractivity contribution is 5.02. The normalized spacial score (nSPS) is 18.3. The minimum atomic E-state index is 0.351. The summed E-state index contributed by atoms with van der Waals surface area (Å²) in [6, 6.07) is 0.351. The second-order valence-corrected chi connectivity index (χ2v) is 4.19. The minimum Gasteiger partial charge on any atom is -0.314 e. The molecule has 0 bridgehead atoms. The van der Waals surface area contributed by atoms with Crippen molar-refractivity contribution in [2.24, 2.45) is 0 Å². The van der Waals surface area contributed by atoms with Crippen molar-refractivity contribution >= 4 is 0 Å². The molecule has 0 saturated heterocycles. The standard InChI is InChI=1S/C11H20N4/c1-3-9(12-2)11-14-13-10-7-5-4-6-8-15(10)11/h9,12H,3-8H2,1-2H3. The van der Waals surface area contributed by atoms with Crippen LogP contribution in [-0.2, 0) is 13.0 Å². The Morgan fingerprint density at radius 3 is 2.93 bits per heavy atom. The van der Waals surface area contributed by atoms with Crippen molar-refractivity contribution in [3.8, 4) is 0 Å². The van der Waals surface area contributed by atoms with Gasteiger partial charge in [0.05, 0.1) is 6.04 Å². The van der Waals surface area contributed by atoms with Crippen molar-refractivity contribution in [1.29, 1.82) is 0 Å². The first-order valence-electron chi connectivity index (χ1n) is 5.96. The summed E-state index contributed by atoms with van der Waals surface area (Å²) in [5.41, 5.74) is 0. The maximum Gasteiger partial charge on any atom is 0.150 e. The first kappa shape index (κ1) is 10.6. The highest BCUT2D eigenvalue weighted by Gasteiger charge is 2.19. The van der Waals surface area contributed by atoms with Gasteiger partial charge in [-0.25, -0.2) is 0 Å². The Labute approximate surface area is 91.1 Å². The van der Waals surface area contributed by atoms with E-state index in [0.29, 0.717) is 6.04 Å². The van der Waals surface area contributed by atoms with Crippen LogP contribution in [0.15, 0.2) is 0 Å². The second-order valence-electron chi connectivity index (χ2n) is 4.19. The molecule has 1 unspecified atom stereocenters. The van der Waals surface area contributed by atoms with Gasteiger partial charge in [-0.2, -0.15) is 0 Å². The van der Waals surface area contributed by atoms with E-state index in [2.05, 4.69) is 27.0 Å². The van der Waals surface area contributed by atoms with E-state index in [1.165, 1.54) is 25.1 Å². The quantitative estimate of drug-likeness (QED) is 0.821. The Morgan fingerprint density at radius 1 is 1.33 bits per heavy atom. The Bertz CT molecular complexity index is 314. The fourth-order valence-corrected chi connectivity index (χ4v) is 2.28. The van der Waals surface area contributed by atoms with Gasteiger partial charge in [-0.05, 0) is 26.3 Å². The molecule has 0 radical (unpaired) electrons. The van der Waals surface area contributed by atoms with Gasteiger partial charge in [0.1, 0.15) is 11.6 Å². The summed E-state index contributed by atoms with van der Waals surface area (Å²) in [5, 5.41) is 11.9. The van der Waals surface area contributed by atoms with Crippen molar-refractivity contribution in [1.82, 2.24) is 20.1 Å². The molecular weight excluding hydrogens is 188 g/mol. The summed E-state index contributed by atoms with van der Waals surface area (Å²) in [4.78, 5) is 0. The van der Waals surface area contributed by atoms with Crippen molar-refractivity contribution in [2.45, 2.75) is 51.6 Å². The van der Waals surface area contributed by atoms with Gasteiger partial charge in [0.2, 0.25) is 0 Å². The fourth-order valence-electron chi connectivity index (χ4n) is 2.28. The summed E-state index contributed by atoms with van der Waals surface area (Å²) in [6.07, 6.45) is 5.99. The maximum atomic E-state index is 4.33. The van der Waals surface area contributed by atoms with Crippen LogP contribution in [-0.4, -0.2) is 21.8 Å². The Morgan fingerprint density at radius 2 is 2.20 bits per heavy atom. The molecule has 0 spiro atoms. The third-order valence-corrected chi connectivity index (χ3v) is 3.21. The van der Waals surface area contributed by atoms with E-state index in [1.54, 1.807) is 0 Å². The van der Waals surface area contributed by atoms with Crippen molar-refractivity contribution < 1.29 is 0 Å². The lowest BCUT2D eigenvalue weighted by molar-refractivity contribution is 0.497. The zero-order valence-corrected chi connectivity index (χ0v) is 9.66. The van der Waals surface area contributed by atoms with Crippen LogP contribution in [0.3, 0.4) is 0 Å². The molecule has 15 heavy (non-hydrogen) atoms.